The first-order valence-corrected chi connectivity index (χ1v) is 11.7. The van der Waals surface area contributed by atoms with Crippen LogP contribution in [0.15, 0.2) is 42.2 Å². The van der Waals surface area contributed by atoms with Gasteiger partial charge in [-0.05, 0) is 51.8 Å². The van der Waals surface area contributed by atoms with Gasteiger partial charge in [0.1, 0.15) is 16.3 Å². The molecule has 1 saturated heterocycles. The highest BCUT2D eigenvalue weighted by Gasteiger charge is 2.25. The van der Waals surface area contributed by atoms with Gasteiger partial charge in [0.2, 0.25) is 0 Å². The molecule has 3 aromatic rings. The van der Waals surface area contributed by atoms with Crippen LogP contribution < -0.4 is 10.6 Å². The van der Waals surface area contributed by atoms with Crippen LogP contribution in [-0.4, -0.2) is 38.1 Å². The molecule has 2 aliphatic rings. The Labute approximate surface area is 195 Å². The van der Waals surface area contributed by atoms with Crippen LogP contribution in [0.25, 0.3) is 22.3 Å². The number of carbonyl (C=O) groups excluding carboxylic acids is 2. The summed E-state index contributed by atoms with van der Waals surface area (Å²) in [5.41, 5.74) is 2.87. The lowest BCUT2D eigenvalue weighted by Gasteiger charge is -2.18. The number of thiophene rings is 1. The molecule has 0 bridgehead atoms. The molecule has 2 N–H and O–H groups in total. The Morgan fingerprint density at radius 1 is 1.36 bits per heavy atom. The Morgan fingerprint density at radius 3 is 2.82 bits per heavy atom. The number of fused-ring (bicyclic) bond motifs is 1. The van der Waals surface area contributed by atoms with Crippen molar-refractivity contribution in [2.75, 3.05) is 5.32 Å². The molecule has 170 valence electrons. The summed E-state index contributed by atoms with van der Waals surface area (Å²) in [4.78, 5) is 30.9. The van der Waals surface area contributed by atoms with Crippen molar-refractivity contribution in [2.24, 2.45) is 0 Å². The summed E-state index contributed by atoms with van der Waals surface area (Å²) in [6.45, 7) is 9.38. The van der Waals surface area contributed by atoms with E-state index in [2.05, 4.69) is 22.3 Å². The number of hydrogen-bond donors (Lipinski definition) is 2. The van der Waals surface area contributed by atoms with Gasteiger partial charge in [0, 0.05) is 35.4 Å². The second kappa shape index (κ2) is 7.84. The number of ether oxygens (including phenoxy) is 1. The van der Waals surface area contributed by atoms with E-state index in [9.17, 15) is 9.59 Å². The second-order valence-corrected chi connectivity index (χ2v) is 10.4. The highest BCUT2D eigenvalue weighted by Crippen LogP contribution is 2.33. The number of nitrogens with zero attached hydrogens (tertiary/aromatic N) is 3. The Hall–Kier alpha value is -3.46. The van der Waals surface area contributed by atoms with Crippen LogP contribution in [0.3, 0.4) is 0 Å². The third kappa shape index (κ3) is 4.54. The summed E-state index contributed by atoms with van der Waals surface area (Å²) in [5.74, 6) is 0.333. The van der Waals surface area contributed by atoms with E-state index in [1.54, 1.807) is 16.8 Å². The van der Waals surface area contributed by atoms with Crippen molar-refractivity contribution in [3.05, 3.63) is 52.7 Å². The van der Waals surface area contributed by atoms with Crippen LogP contribution in [0.4, 0.5) is 5.82 Å². The van der Waals surface area contributed by atoms with E-state index < -0.39 is 5.60 Å². The van der Waals surface area contributed by atoms with E-state index in [0.29, 0.717) is 34.3 Å². The molecule has 2 fully saturated rings. The number of hydrogen-bond acceptors (Lipinski definition) is 7. The van der Waals surface area contributed by atoms with Gasteiger partial charge in [-0.1, -0.05) is 6.58 Å². The van der Waals surface area contributed by atoms with Crippen molar-refractivity contribution in [3.63, 3.8) is 0 Å². The smallest absolute Gasteiger partial charge is 0.348 e. The molecule has 5 rings (SSSR count). The summed E-state index contributed by atoms with van der Waals surface area (Å²) in [6, 6.07) is 6.01. The lowest BCUT2D eigenvalue weighted by molar-refractivity contribution is -0.115. The average molecular weight is 464 g/mol. The maximum absolute atomic E-state index is 12.5. The summed E-state index contributed by atoms with van der Waals surface area (Å²) < 4.78 is 7.26. The number of esters is 1. The molecule has 1 aliphatic carbocycles. The largest absolute Gasteiger partial charge is 0.456 e. The van der Waals surface area contributed by atoms with E-state index >= 15 is 0 Å². The molecule has 0 radical (unpaired) electrons. The second-order valence-electron chi connectivity index (χ2n) is 9.35. The predicted molar refractivity (Wildman–Crippen MR) is 128 cm³/mol. The Morgan fingerprint density at radius 2 is 2.15 bits per heavy atom. The molecule has 1 saturated carbocycles. The van der Waals surface area contributed by atoms with Gasteiger partial charge in [0.15, 0.2) is 5.65 Å². The van der Waals surface area contributed by atoms with Crippen LogP contribution in [-0.2, 0) is 9.53 Å². The van der Waals surface area contributed by atoms with Crippen molar-refractivity contribution in [3.8, 4) is 10.6 Å². The van der Waals surface area contributed by atoms with Gasteiger partial charge in [0.25, 0.3) is 5.91 Å². The molecule has 4 heterocycles. The molecule has 1 aliphatic heterocycles. The number of allylic oxidation sites excluding steroid dienone is 1. The van der Waals surface area contributed by atoms with E-state index in [4.69, 9.17) is 9.72 Å². The summed E-state index contributed by atoms with van der Waals surface area (Å²) in [5, 5.41) is 10.8. The number of amides is 1. The fraction of sp³-hybridized carbons (Fsp3) is 0.333. The minimum absolute atomic E-state index is 0.146. The first kappa shape index (κ1) is 21.4. The van der Waals surface area contributed by atoms with Crippen LogP contribution in [0.2, 0.25) is 0 Å². The molecule has 3 aromatic heterocycles. The standard InChI is InChI=1S/C24H25N5O3S/c1-13-9-14(22(30)26-13)10-15-12-25-29-20(27-16-5-6-16)11-17(28-21(15)29)18-7-8-19(33-18)23(31)32-24(2,3)4/h7-8,10-12,16,27H,1,5-6,9H2,2-4H3,(H,26,30)/b14-10+. The number of aromatic nitrogens is 3. The Kier molecular flexibility index (Phi) is 5.08. The molecule has 0 spiro atoms. The van der Waals surface area contributed by atoms with Crippen molar-refractivity contribution in [2.45, 2.75) is 51.7 Å². The first-order valence-electron chi connectivity index (χ1n) is 10.8. The minimum Gasteiger partial charge on any atom is -0.456 e. The van der Waals surface area contributed by atoms with Crippen LogP contribution in [0, 0.1) is 0 Å². The van der Waals surface area contributed by atoms with Crippen molar-refractivity contribution < 1.29 is 14.3 Å². The van der Waals surface area contributed by atoms with Crippen molar-refractivity contribution >= 4 is 40.8 Å². The average Bonchev–Trinajstić information content (AvgIpc) is 3.11. The molecule has 0 aromatic carbocycles. The van der Waals surface area contributed by atoms with Crippen LogP contribution in [0.5, 0.6) is 0 Å². The van der Waals surface area contributed by atoms with Crippen molar-refractivity contribution in [1.29, 1.82) is 0 Å². The lowest BCUT2D eigenvalue weighted by Crippen LogP contribution is -2.23. The van der Waals surface area contributed by atoms with Gasteiger partial charge in [-0.25, -0.2) is 9.78 Å². The molecular weight excluding hydrogens is 438 g/mol. The fourth-order valence-corrected chi connectivity index (χ4v) is 4.40. The van der Waals surface area contributed by atoms with E-state index in [1.807, 2.05) is 39.0 Å². The molecular formula is C24H25N5O3S. The van der Waals surface area contributed by atoms with E-state index in [1.165, 1.54) is 11.3 Å². The number of nitrogens with one attached hydrogen (secondary N) is 2. The monoisotopic (exact) mass is 463 g/mol. The topological polar surface area (TPSA) is 97.6 Å². The number of anilines is 1. The fourth-order valence-electron chi connectivity index (χ4n) is 3.56. The Balaban J connectivity index is 1.55. The number of rotatable bonds is 5. The minimum atomic E-state index is -0.558. The zero-order chi connectivity index (χ0) is 23.3. The maximum atomic E-state index is 12.5. The zero-order valence-electron chi connectivity index (χ0n) is 18.8. The molecule has 8 nitrogen and oxygen atoms in total. The number of carbonyl (C=O) groups is 2. The summed E-state index contributed by atoms with van der Waals surface area (Å²) in [7, 11) is 0. The van der Waals surface area contributed by atoms with Gasteiger partial charge in [-0.2, -0.15) is 9.61 Å². The highest BCUT2D eigenvalue weighted by molar-refractivity contribution is 7.17. The normalized spacial score (nSPS) is 17.6. The SMILES string of the molecule is C=C1C/C(=C\c2cnn3c(NC4CC4)cc(-c4ccc(C(=O)OC(C)(C)C)s4)nc23)C(=O)N1. The summed E-state index contributed by atoms with van der Waals surface area (Å²) in [6.07, 6.45) is 6.23. The van der Waals surface area contributed by atoms with Gasteiger partial charge in [0.05, 0.1) is 16.8 Å². The third-order valence-corrected chi connectivity index (χ3v) is 6.29. The highest BCUT2D eigenvalue weighted by atomic mass is 32.1. The Bertz CT molecular complexity index is 1320. The van der Waals surface area contributed by atoms with E-state index in [-0.39, 0.29) is 11.9 Å². The van der Waals surface area contributed by atoms with Gasteiger partial charge >= 0.3 is 5.97 Å². The van der Waals surface area contributed by atoms with Gasteiger partial charge < -0.3 is 15.4 Å². The first-order chi connectivity index (χ1) is 15.7. The van der Waals surface area contributed by atoms with Gasteiger partial charge in [-0.15, -0.1) is 11.3 Å². The van der Waals surface area contributed by atoms with Crippen molar-refractivity contribution in [1.82, 2.24) is 19.9 Å². The molecule has 9 heteroatoms. The summed E-state index contributed by atoms with van der Waals surface area (Å²) >= 11 is 1.34. The molecule has 1 amide bonds. The lowest BCUT2D eigenvalue weighted by atomic mass is 10.1. The van der Waals surface area contributed by atoms with E-state index in [0.717, 1.165) is 34.8 Å². The quantitative estimate of drug-likeness (QED) is 0.430. The van der Waals surface area contributed by atoms with Crippen LogP contribution >= 0.6 is 11.3 Å². The molecule has 33 heavy (non-hydrogen) atoms. The maximum Gasteiger partial charge on any atom is 0.348 e. The zero-order valence-corrected chi connectivity index (χ0v) is 19.6. The molecule has 0 unspecified atom stereocenters. The van der Waals surface area contributed by atoms with Gasteiger partial charge in [-0.3, -0.25) is 4.79 Å². The van der Waals surface area contributed by atoms with Crippen LogP contribution in [0.1, 0.15) is 55.3 Å². The predicted octanol–water partition coefficient (Wildman–Crippen LogP) is 4.40. The third-order valence-electron chi connectivity index (χ3n) is 5.20. The molecule has 0 atom stereocenters.